The van der Waals surface area contributed by atoms with Crippen molar-refractivity contribution in [3.8, 4) is 0 Å². The van der Waals surface area contributed by atoms with Gasteiger partial charge < -0.3 is 15.7 Å². The number of hydrogen-bond acceptors (Lipinski definition) is 3. The lowest BCUT2D eigenvalue weighted by Crippen LogP contribution is -2.47. The van der Waals surface area contributed by atoms with Crippen molar-refractivity contribution in [3.63, 3.8) is 0 Å². The highest BCUT2D eigenvalue weighted by atomic mass is 16.4. The molecule has 1 aliphatic heterocycles. The molecule has 4 heteroatoms. The maximum Gasteiger partial charge on any atom is 0.303 e. The van der Waals surface area contributed by atoms with Crippen molar-refractivity contribution in [1.29, 1.82) is 0 Å². The third kappa shape index (κ3) is 3.95. The Hall–Kier alpha value is -0.610. The molecule has 0 aromatic carbocycles. The summed E-state index contributed by atoms with van der Waals surface area (Å²) in [6, 6.07) is 1.30. The third-order valence-corrected chi connectivity index (χ3v) is 4.41. The summed E-state index contributed by atoms with van der Waals surface area (Å²) in [6.45, 7) is 2.02. The zero-order valence-corrected chi connectivity index (χ0v) is 11.2. The molecule has 2 fully saturated rings. The maximum atomic E-state index is 10.5. The second-order valence-electron chi connectivity index (χ2n) is 5.71. The van der Waals surface area contributed by atoms with Crippen molar-refractivity contribution in [3.05, 3.63) is 0 Å². The predicted molar refractivity (Wildman–Crippen MR) is 71.6 cm³/mol. The van der Waals surface area contributed by atoms with Crippen LogP contribution in [-0.4, -0.2) is 36.2 Å². The molecule has 0 spiro atoms. The van der Waals surface area contributed by atoms with E-state index in [2.05, 4.69) is 10.6 Å². The second-order valence-corrected chi connectivity index (χ2v) is 5.71. The van der Waals surface area contributed by atoms with Crippen molar-refractivity contribution in [1.82, 2.24) is 10.6 Å². The maximum absolute atomic E-state index is 10.5. The average Bonchev–Trinajstić information content (AvgIpc) is 2.84. The summed E-state index contributed by atoms with van der Waals surface area (Å²) < 4.78 is 0. The SMILES string of the molecule is O=C(O)CCCNC1CCCC1C1CCCCN1. The first-order valence-electron chi connectivity index (χ1n) is 7.46. The van der Waals surface area contributed by atoms with Crippen LogP contribution in [0.1, 0.15) is 51.4 Å². The number of carboxylic acids is 1. The van der Waals surface area contributed by atoms with Gasteiger partial charge in [0.1, 0.15) is 0 Å². The standard InChI is InChI=1S/C14H26N2O2/c17-14(18)8-4-10-16-13-7-3-5-11(13)12-6-1-2-9-15-12/h11-13,15-16H,1-10H2,(H,17,18). The van der Waals surface area contributed by atoms with Crippen molar-refractivity contribution in [2.45, 2.75) is 63.5 Å². The molecule has 18 heavy (non-hydrogen) atoms. The fourth-order valence-corrected chi connectivity index (χ4v) is 3.50. The topological polar surface area (TPSA) is 61.4 Å². The molecule has 0 aromatic rings. The van der Waals surface area contributed by atoms with Gasteiger partial charge in [0, 0.05) is 18.5 Å². The van der Waals surface area contributed by atoms with E-state index < -0.39 is 5.97 Å². The Morgan fingerprint density at radius 3 is 2.83 bits per heavy atom. The summed E-state index contributed by atoms with van der Waals surface area (Å²) in [5.74, 6) is 0.0730. The highest BCUT2D eigenvalue weighted by molar-refractivity contribution is 5.66. The highest BCUT2D eigenvalue weighted by Gasteiger charge is 2.33. The number of rotatable bonds is 6. The summed E-state index contributed by atoms with van der Waals surface area (Å²) >= 11 is 0. The van der Waals surface area contributed by atoms with Crippen LogP contribution in [-0.2, 0) is 4.79 Å². The molecule has 1 saturated carbocycles. The normalized spacial score (nSPS) is 32.6. The van der Waals surface area contributed by atoms with Gasteiger partial charge in [0.15, 0.2) is 0 Å². The van der Waals surface area contributed by atoms with Crippen LogP contribution in [0.5, 0.6) is 0 Å². The van der Waals surface area contributed by atoms with Crippen LogP contribution in [0.15, 0.2) is 0 Å². The minimum atomic E-state index is -0.686. The third-order valence-electron chi connectivity index (χ3n) is 4.41. The molecule has 0 radical (unpaired) electrons. The van der Waals surface area contributed by atoms with Crippen molar-refractivity contribution in [2.75, 3.05) is 13.1 Å². The quantitative estimate of drug-likeness (QED) is 0.632. The van der Waals surface area contributed by atoms with Gasteiger partial charge in [0.2, 0.25) is 0 Å². The van der Waals surface area contributed by atoms with Gasteiger partial charge in [0.05, 0.1) is 0 Å². The Morgan fingerprint density at radius 1 is 1.22 bits per heavy atom. The molecule has 2 rings (SSSR count). The summed E-state index contributed by atoms with van der Waals surface area (Å²) in [5.41, 5.74) is 0. The molecule has 3 atom stereocenters. The highest BCUT2D eigenvalue weighted by Crippen LogP contribution is 2.31. The number of carbonyl (C=O) groups is 1. The van der Waals surface area contributed by atoms with Gasteiger partial charge in [-0.05, 0) is 51.1 Å². The summed E-state index contributed by atoms with van der Waals surface area (Å²) in [4.78, 5) is 10.5. The molecule has 2 aliphatic rings. The summed E-state index contributed by atoms with van der Waals surface area (Å²) in [6.07, 6.45) is 8.93. The Morgan fingerprint density at radius 2 is 2.11 bits per heavy atom. The molecule has 0 amide bonds. The van der Waals surface area contributed by atoms with E-state index in [0.717, 1.165) is 18.9 Å². The second kappa shape index (κ2) is 7.10. The Labute approximate surface area is 110 Å². The monoisotopic (exact) mass is 254 g/mol. The summed E-state index contributed by atoms with van der Waals surface area (Å²) in [7, 11) is 0. The molecule has 0 bridgehead atoms. The lowest BCUT2D eigenvalue weighted by Gasteiger charge is -2.33. The van der Waals surface area contributed by atoms with Crippen LogP contribution in [0.3, 0.4) is 0 Å². The van der Waals surface area contributed by atoms with Crippen LogP contribution in [0.2, 0.25) is 0 Å². The van der Waals surface area contributed by atoms with Crippen LogP contribution in [0.25, 0.3) is 0 Å². The number of nitrogens with one attached hydrogen (secondary N) is 2. The van der Waals surface area contributed by atoms with Gasteiger partial charge in [-0.15, -0.1) is 0 Å². The van der Waals surface area contributed by atoms with Crippen molar-refractivity contribution in [2.24, 2.45) is 5.92 Å². The van der Waals surface area contributed by atoms with Gasteiger partial charge in [-0.25, -0.2) is 0 Å². The van der Waals surface area contributed by atoms with E-state index in [1.165, 1.54) is 45.1 Å². The van der Waals surface area contributed by atoms with E-state index in [-0.39, 0.29) is 6.42 Å². The van der Waals surface area contributed by atoms with E-state index in [1.807, 2.05) is 0 Å². The van der Waals surface area contributed by atoms with E-state index in [4.69, 9.17) is 5.11 Å². The van der Waals surface area contributed by atoms with Crippen LogP contribution < -0.4 is 10.6 Å². The first-order valence-corrected chi connectivity index (χ1v) is 7.46. The average molecular weight is 254 g/mol. The zero-order chi connectivity index (χ0) is 12.8. The largest absolute Gasteiger partial charge is 0.481 e. The summed E-state index contributed by atoms with van der Waals surface area (Å²) in [5, 5.41) is 15.9. The van der Waals surface area contributed by atoms with Crippen LogP contribution >= 0.6 is 0 Å². The van der Waals surface area contributed by atoms with Gasteiger partial charge in [0.25, 0.3) is 0 Å². The van der Waals surface area contributed by atoms with E-state index >= 15 is 0 Å². The van der Waals surface area contributed by atoms with Gasteiger partial charge >= 0.3 is 5.97 Å². The molecule has 4 nitrogen and oxygen atoms in total. The fourth-order valence-electron chi connectivity index (χ4n) is 3.50. The van der Waals surface area contributed by atoms with Crippen molar-refractivity contribution < 1.29 is 9.90 Å². The van der Waals surface area contributed by atoms with Gasteiger partial charge in [-0.3, -0.25) is 4.79 Å². The molecule has 1 saturated heterocycles. The zero-order valence-electron chi connectivity index (χ0n) is 11.2. The number of aliphatic carboxylic acids is 1. The van der Waals surface area contributed by atoms with E-state index in [0.29, 0.717) is 12.1 Å². The molecular formula is C14H26N2O2. The molecule has 104 valence electrons. The molecular weight excluding hydrogens is 228 g/mol. The first kappa shape index (κ1) is 13.8. The fraction of sp³-hybridized carbons (Fsp3) is 0.929. The predicted octanol–water partition coefficient (Wildman–Crippen LogP) is 1.75. The number of piperidine rings is 1. The lowest BCUT2D eigenvalue weighted by atomic mass is 9.88. The van der Waals surface area contributed by atoms with E-state index in [1.54, 1.807) is 0 Å². The number of carboxylic acid groups (broad SMARTS) is 1. The van der Waals surface area contributed by atoms with E-state index in [9.17, 15) is 4.79 Å². The molecule has 3 unspecified atom stereocenters. The Balaban J connectivity index is 1.71. The van der Waals surface area contributed by atoms with Crippen molar-refractivity contribution >= 4 is 5.97 Å². The van der Waals surface area contributed by atoms with Crippen LogP contribution in [0.4, 0.5) is 0 Å². The van der Waals surface area contributed by atoms with Gasteiger partial charge in [-0.1, -0.05) is 12.8 Å². The molecule has 3 N–H and O–H groups in total. The number of hydrogen-bond donors (Lipinski definition) is 3. The minimum absolute atomic E-state index is 0.284. The molecule has 1 heterocycles. The smallest absolute Gasteiger partial charge is 0.303 e. The molecule has 1 aliphatic carbocycles. The lowest BCUT2D eigenvalue weighted by molar-refractivity contribution is -0.137. The minimum Gasteiger partial charge on any atom is -0.481 e. The molecule has 0 aromatic heterocycles. The van der Waals surface area contributed by atoms with Gasteiger partial charge in [-0.2, -0.15) is 0 Å². The van der Waals surface area contributed by atoms with Crippen LogP contribution in [0, 0.1) is 5.92 Å². The first-order chi connectivity index (χ1) is 8.77. The Bertz CT molecular complexity index is 265. The Kier molecular flexibility index (Phi) is 5.45.